The lowest BCUT2D eigenvalue weighted by atomic mass is 10.1. The molecule has 0 aromatic heterocycles. The van der Waals surface area contributed by atoms with Crippen molar-refractivity contribution < 1.29 is 14.7 Å². The first-order chi connectivity index (χ1) is 9.36. The fourth-order valence-corrected chi connectivity index (χ4v) is 1.99. The van der Waals surface area contributed by atoms with Gasteiger partial charge in [-0.1, -0.05) is 23.8 Å². The molecule has 5 heteroatoms. The zero-order valence-corrected chi connectivity index (χ0v) is 12.5. The summed E-state index contributed by atoms with van der Waals surface area (Å²) >= 11 is 6.04. The van der Waals surface area contributed by atoms with Crippen molar-refractivity contribution in [2.75, 3.05) is 0 Å². The van der Waals surface area contributed by atoms with Crippen molar-refractivity contribution in [1.29, 1.82) is 0 Å². The molecule has 2 N–H and O–H groups in total. The molecule has 0 fully saturated rings. The highest BCUT2D eigenvalue weighted by atomic mass is 35.5. The van der Waals surface area contributed by atoms with Crippen LogP contribution in [0.4, 0.5) is 0 Å². The number of nitrogens with one attached hydrogen (secondary N) is 1. The van der Waals surface area contributed by atoms with Crippen LogP contribution in [0, 0.1) is 13.8 Å². The van der Waals surface area contributed by atoms with Gasteiger partial charge in [-0.3, -0.25) is 4.79 Å². The van der Waals surface area contributed by atoms with Crippen LogP contribution >= 0.6 is 11.6 Å². The number of aliphatic carboxylic acids is 1. The minimum Gasteiger partial charge on any atom is -0.480 e. The van der Waals surface area contributed by atoms with E-state index in [2.05, 4.69) is 5.32 Å². The van der Waals surface area contributed by atoms with Gasteiger partial charge in [0.2, 0.25) is 0 Å². The SMILES string of the molecule is C/C=C/CC(NC(=O)c1cc(C)c(C)cc1Cl)C(=O)O. The number of carbonyl (C=O) groups excluding carboxylic acids is 1. The van der Waals surface area contributed by atoms with E-state index in [-0.39, 0.29) is 6.42 Å². The molecular weight excluding hydrogens is 278 g/mol. The fourth-order valence-electron chi connectivity index (χ4n) is 1.68. The molecule has 4 nitrogen and oxygen atoms in total. The van der Waals surface area contributed by atoms with Crippen molar-refractivity contribution in [2.45, 2.75) is 33.2 Å². The Hall–Kier alpha value is -1.81. The van der Waals surface area contributed by atoms with E-state index in [0.29, 0.717) is 10.6 Å². The summed E-state index contributed by atoms with van der Waals surface area (Å²) in [6, 6.07) is 2.41. The Morgan fingerprint density at radius 2 is 1.95 bits per heavy atom. The Morgan fingerprint density at radius 1 is 1.35 bits per heavy atom. The van der Waals surface area contributed by atoms with Gasteiger partial charge in [-0.2, -0.15) is 0 Å². The topological polar surface area (TPSA) is 66.4 Å². The molecule has 0 radical (unpaired) electrons. The smallest absolute Gasteiger partial charge is 0.326 e. The van der Waals surface area contributed by atoms with E-state index in [0.717, 1.165) is 11.1 Å². The van der Waals surface area contributed by atoms with Crippen molar-refractivity contribution in [1.82, 2.24) is 5.32 Å². The van der Waals surface area contributed by atoms with Crippen LogP contribution in [-0.2, 0) is 4.79 Å². The number of benzene rings is 1. The molecule has 1 amide bonds. The molecule has 1 rings (SSSR count). The van der Waals surface area contributed by atoms with Crippen LogP contribution in [0.1, 0.15) is 34.8 Å². The molecule has 1 unspecified atom stereocenters. The molecule has 0 saturated heterocycles. The standard InChI is InChI=1S/C15H18ClNO3/c1-4-5-6-13(15(19)20)17-14(18)11-7-9(2)10(3)8-12(11)16/h4-5,7-8,13H,6H2,1-3H3,(H,17,18)(H,19,20)/b5-4+. The Kier molecular flexibility index (Phi) is 5.77. The molecule has 0 saturated carbocycles. The van der Waals surface area contributed by atoms with Crippen LogP contribution < -0.4 is 5.32 Å². The first kappa shape index (κ1) is 16.2. The zero-order valence-electron chi connectivity index (χ0n) is 11.7. The third kappa shape index (κ3) is 4.10. The molecule has 0 bridgehead atoms. The molecule has 0 aliphatic rings. The van der Waals surface area contributed by atoms with E-state index in [4.69, 9.17) is 16.7 Å². The molecule has 0 heterocycles. The minimum absolute atomic E-state index is 0.236. The van der Waals surface area contributed by atoms with Crippen molar-refractivity contribution in [3.63, 3.8) is 0 Å². The van der Waals surface area contributed by atoms with E-state index in [1.807, 2.05) is 13.8 Å². The number of halogens is 1. The maximum Gasteiger partial charge on any atom is 0.326 e. The Labute approximate surface area is 123 Å². The fraction of sp³-hybridized carbons (Fsp3) is 0.333. The van der Waals surface area contributed by atoms with E-state index in [9.17, 15) is 9.59 Å². The highest BCUT2D eigenvalue weighted by Gasteiger charge is 2.21. The Morgan fingerprint density at radius 3 is 2.50 bits per heavy atom. The second-order valence-corrected chi connectivity index (χ2v) is 4.99. The lowest BCUT2D eigenvalue weighted by molar-refractivity contribution is -0.139. The zero-order chi connectivity index (χ0) is 15.3. The van der Waals surface area contributed by atoms with Gasteiger partial charge in [0.25, 0.3) is 5.91 Å². The number of rotatable bonds is 5. The van der Waals surface area contributed by atoms with Gasteiger partial charge in [-0.05, 0) is 50.5 Å². The first-order valence-corrected chi connectivity index (χ1v) is 6.66. The maximum absolute atomic E-state index is 12.1. The second kappa shape index (κ2) is 7.10. The van der Waals surface area contributed by atoms with Crippen LogP contribution in [0.15, 0.2) is 24.3 Å². The normalized spacial score (nSPS) is 12.4. The summed E-state index contributed by atoms with van der Waals surface area (Å²) in [5, 5.41) is 11.9. The van der Waals surface area contributed by atoms with Crippen molar-refractivity contribution in [2.24, 2.45) is 0 Å². The van der Waals surface area contributed by atoms with Gasteiger partial charge in [0.15, 0.2) is 0 Å². The van der Waals surface area contributed by atoms with Gasteiger partial charge in [0.05, 0.1) is 10.6 Å². The number of aryl methyl sites for hydroxylation is 2. The lowest BCUT2D eigenvalue weighted by Gasteiger charge is -2.14. The Bertz CT molecular complexity index is 552. The number of hydrogen-bond acceptors (Lipinski definition) is 2. The van der Waals surface area contributed by atoms with Gasteiger partial charge in [-0.15, -0.1) is 0 Å². The first-order valence-electron chi connectivity index (χ1n) is 6.28. The molecule has 0 spiro atoms. The summed E-state index contributed by atoms with van der Waals surface area (Å²) in [5.41, 5.74) is 2.21. The summed E-state index contributed by atoms with van der Waals surface area (Å²) in [7, 11) is 0. The second-order valence-electron chi connectivity index (χ2n) is 4.59. The van der Waals surface area contributed by atoms with Crippen molar-refractivity contribution >= 4 is 23.5 Å². The summed E-state index contributed by atoms with van der Waals surface area (Å²) in [5.74, 6) is -1.55. The number of carbonyl (C=O) groups is 2. The summed E-state index contributed by atoms with van der Waals surface area (Å²) in [6.45, 7) is 5.56. The van der Waals surface area contributed by atoms with Crippen molar-refractivity contribution in [3.05, 3.63) is 46.0 Å². The molecular formula is C15H18ClNO3. The van der Waals surface area contributed by atoms with E-state index >= 15 is 0 Å². The molecule has 1 aromatic carbocycles. The van der Waals surface area contributed by atoms with Crippen LogP contribution in [0.2, 0.25) is 5.02 Å². The molecule has 0 aliphatic heterocycles. The number of carboxylic acid groups (broad SMARTS) is 1. The van der Waals surface area contributed by atoms with Crippen LogP contribution in [0.5, 0.6) is 0 Å². The van der Waals surface area contributed by atoms with Gasteiger partial charge in [0, 0.05) is 0 Å². The van der Waals surface area contributed by atoms with Gasteiger partial charge in [0.1, 0.15) is 6.04 Å². The molecule has 108 valence electrons. The number of amides is 1. The number of hydrogen-bond donors (Lipinski definition) is 2. The van der Waals surface area contributed by atoms with E-state index < -0.39 is 17.9 Å². The summed E-state index contributed by atoms with van der Waals surface area (Å²) in [4.78, 5) is 23.2. The van der Waals surface area contributed by atoms with Gasteiger partial charge < -0.3 is 10.4 Å². The Balaban J connectivity index is 2.94. The average Bonchev–Trinajstić information content (AvgIpc) is 2.38. The molecule has 1 aromatic rings. The predicted octanol–water partition coefficient (Wildman–Crippen LogP) is 3.11. The largest absolute Gasteiger partial charge is 0.480 e. The summed E-state index contributed by atoms with van der Waals surface area (Å²) in [6.07, 6.45) is 3.67. The van der Waals surface area contributed by atoms with Crippen LogP contribution in [-0.4, -0.2) is 23.0 Å². The highest BCUT2D eigenvalue weighted by molar-refractivity contribution is 6.34. The highest BCUT2D eigenvalue weighted by Crippen LogP contribution is 2.21. The van der Waals surface area contributed by atoms with E-state index in [1.165, 1.54) is 0 Å². The third-order valence-electron chi connectivity index (χ3n) is 3.04. The average molecular weight is 296 g/mol. The monoisotopic (exact) mass is 295 g/mol. The van der Waals surface area contributed by atoms with Gasteiger partial charge in [-0.25, -0.2) is 4.79 Å². The van der Waals surface area contributed by atoms with Crippen molar-refractivity contribution in [3.8, 4) is 0 Å². The number of allylic oxidation sites excluding steroid dienone is 1. The molecule has 20 heavy (non-hydrogen) atoms. The van der Waals surface area contributed by atoms with E-state index in [1.54, 1.807) is 31.2 Å². The summed E-state index contributed by atoms with van der Waals surface area (Å²) < 4.78 is 0. The third-order valence-corrected chi connectivity index (χ3v) is 3.35. The molecule has 1 atom stereocenters. The van der Waals surface area contributed by atoms with Gasteiger partial charge >= 0.3 is 5.97 Å². The lowest BCUT2D eigenvalue weighted by Crippen LogP contribution is -2.40. The van der Waals surface area contributed by atoms with Crippen LogP contribution in [0.3, 0.4) is 0 Å². The minimum atomic E-state index is -1.07. The maximum atomic E-state index is 12.1. The number of carboxylic acids is 1. The predicted molar refractivity (Wildman–Crippen MR) is 79.2 cm³/mol. The van der Waals surface area contributed by atoms with Crippen LogP contribution in [0.25, 0.3) is 0 Å². The quantitative estimate of drug-likeness (QED) is 0.820. The molecule has 0 aliphatic carbocycles.